The third kappa shape index (κ3) is 4.72. The standard InChI is InChI=1S/C14H21N2O2/c1-3-5-9-18-14-11-12(8-10-17-4-2)6-7-13(14)16-15/h6-7,11H,3-5,8-10H2,1-2H3/q+1. The van der Waals surface area contributed by atoms with Crippen LogP contribution in [0, 0.1) is 5.39 Å². The lowest BCUT2D eigenvalue weighted by Gasteiger charge is -2.05. The lowest BCUT2D eigenvalue weighted by atomic mass is 10.1. The molecular formula is C14H21N2O2+. The Labute approximate surface area is 109 Å². The van der Waals surface area contributed by atoms with Crippen LogP contribution in [-0.4, -0.2) is 19.8 Å². The van der Waals surface area contributed by atoms with Gasteiger partial charge >= 0.3 is 5.69 Å². The Bertz CT molecular complexity index is 399. The van der Waals surface area contributed by atoms with E-state index in [1.165, 1.54) is 0 Å². The van der Waals surface area contributed by atoms with E-state index in [9.17, 15) is 0 Å². The van der Waals surface area contributed by atoms with E-state index in [2.05, 4.69) is 11.9 Å². The fourth-order valence-electron chi connectivity index (χ4n) is 1.57. The van der Waals surface area contributed by atoms with Crippen LogP contribution in [0.4, 0.5) is 5.69 Å². The monoisotopic (exact) mass is 249 g/mol. The molecule has 0 saturated heterocycles. The van der Waals surface area contributed by atoms with Crippen molar-refractivity contribution in [1.29, 1.82) is 5.39 Å². The number of rotatable bonds is 8. The summed E-state index contributed by atoms with van der Waals surface area (Å²) in [5.74, 6) is 0.639. The average molecular weight is 249 g/mol. The summed E-state index contributed by atoms with van der Waals surface area (Å²) in [5, 5.41) is 8.90. The van der Waals surface area contributed by atoms with Crippen molar-refractivity contribution in [3.05, 3.63) is 28.7 Å². The molecule has 0 saturated carbocycles. The van der Waals surface area contributed by atoms with Crippen molar-refractivity contribution in [3.63, 3.8) is 0 Å². The molecule has 0 spiro atoms. The number of hydrogen-bond acceptors (Lipinski definition) is 3. The predicted molar refractivity (Wildman–Crippen MR) is 71.8 cm³/mol. The van der Waals surface area contributed by atoms with Gasteiger partial charge in [-0.3, -0.25) is 0 Å². The van der Waals surface area contributed by atoms with Gasteiger partial charge in [-0.2, -0.15) is 0 Å². The molecule has 0 bridgehead atoms. The highest BCUT2D eigenvalue weighted by Crippen LogP contribution is 2.29. The van der Waals surface area contributed by atoms with Crippen molar-refractivity contribution in [2.75, 3.05) is 19.8 Å². The Balaban J connectivity index is 2.66. The lowest BCUT2D eigenvalue weighted by Crippen LogP contribution is -2.00. The predicted octanol–water partition coefficient (Wildman–Crippen LogP) is 3.93. The molecule has 0 atom stereocenters. The lowest BCUT2D eigenvalue weighted by molar-refractivity contribution is 0.151. The number of nitrogens with zero attached hydrogens (tertiary/aromatic N) is 2. The average Bonchev–Trinajstić information content (AvgIpc) is 2.40. The molecular weight excluding hydrogens is 228 g/mol. The summed E-state index contributed by atoms with van der Waals surface area (Å²) in [6.07, 6.45) is 2.91. The highest BCUT2D eigenvalue weighted by molar-refractivity contribution is 5.58. The Morgan fingerprint density at radius 3 is 2.72 bits per heavy atom. The van der Waals surface area contributed by atoms with Gasteiger partial charge in [-0.15, -0.1) is 0 Å². The minimum absolute atomic E-state index is 0.478. The largest absolute Gasteiger partial charge is 0.486 e. The second-order valence-electron chi connectivity index (χ2n) is 4.05. The van der Waals surface area contributed by atoms with E-state index in [1.807, 2.05) is 19.1 Å². The van der Waals surface area contributed by atoms with Crippen LogP contribution in [0.25, 0.3) is 4.98 Å². The van der Waals surface area contributed by atoms with E-state index in [1.54, 1.807) is 6.07 Å². The van der Waals surface area contributed by atoms with Crippen molar-refractivity contribution in [2.45, 2.75) is 33.1 Å². The van der Waals surface area contributed by atoms with Crippen LogP contribution in [0.5, 0.6) is 5.75 Å². The van der Waals surface area contributed by atoms with Crippen LogP contribution in [0.2, 0.25) is 0 Å². The summed E-state index contributed by atoms with van der Waals surface area (Å²) in [4.78, 5) is 3.23. The number of diazo groups is 1. The van der Waals surface area contributed by atoms with E-state index < -0.39 is 0 Å². The van der Waals surface area contributed by atoms with Gasteiger partial charge in [0.25, 0.3) is 0 Å². The zero-order chi connectivity index (χ0) is 13.2. The van der Waals surface area contributed by atoms with Crippen molar-refractivity contribution < 1.29 is 9.47 Å². The smallest absolute Gasteiger partial charge is 0.426 e. The minimum Gasteiger partial charge on any atom is -0.486 e. The van der Waals surface area contributed by atoms with Gasteiger partial charge in [0.15, 0.2) is 4.98 Å². The van der Waals surface area contributed by atoms with Gasteiger partial charge in [-0.05, 0) is 31.4 Å². The normalized spacial score (nSPS) is 10.1. The first-order chi connectivity index (χ1) is 8.81. The van der Waals surface area contributed by atoms with Crippen LogP contribution < -0.4 is 4.74 Å². The summed E-state index contributed by atoms with van der Waals surface area (Å²) in [6.45, 7) is 6.16. The van der Waals surface area contributed by atoms with Crippen molar-refractivity contribution in [3.8, 4) is 5.75 Å². The van der Waals surface area contributed by atoms with Crippen LogP contribution in [0.1, 0.15) is 32.3 Å². The molecule has 0 aliphatic carbocycles. The molecule has 0 fully saturated rings. The summed E-state index contributed by atoms with van der Waals surface area (Å²) in [6, 6.07) is 5.62. The van der Waals surface area contributed by atoms with Crippen LogP contribution in [0.15, 0.2) is 18.2 Å². The molecule has 0 heterocycles. The second kappa shape index (κ2) is 8.48. The molecule has 98 valence electrons. The topological polar surface area (TPSA) is 46.6 Å². The van der Waals surface area contributed by atoms with Gasteiger partial charge in [0.05, 0.1) is 13.2 Å². The molecule has 0 aromatic heterocycles. The van der Waals surface area contributed by atoms with Gasteiger partial charge in [-0.1, -0.05) is 19.4 Å². The Morgan fingerprint density at radius 2 is 2.06 bits per heavy atom. The van der Waals surface area contributed by atoms with Gasteiger partial charge < -0.3 is 9.47 Å². The maximum Gasteiger partial charge on any atom is 0.426 e. The molecule has 1 rings (SSSR count). The van der Waals surface area contributed by atoms with Crippen molar-refractivity contribution in [2.24, 2.45) is 0 Å². The first-order valence-corrected chi connectivity index (χ1v) is 6.50. The van der Waals surface area contributed by atoms with Crippen LogP contribution in [-0.2, 0) is 11.2 Å². The maximum atomic E-state index is 8.90. The number of hydrogen-bond donors (Lipinski definition) is 0. The summed E-state index contributed by atoms with van der Waals surface area (Å²) >= 11 is 0. The molecule has 0 unspecified atom stereocenters. The third-order valence-corrected chi connectivity index (χ3v) is 2.63. The van der Waals surface area contributed by atoms with Crippen molar-refractivity contribution in [1.82, 2.24) is 0 Å². The van der Waals surface area contributed by atoms with E-state index in [4.69, 9.17) is 14.9 Å². The fourth-order valence-corrected chi connectivity index (χ4v) is 1.57. The molecule has 0 aliphatic rings. The Hall–Kier alpha value is -1.60. The summed E-state index contributed by atoms with van der Waals surface area (Å²) < 4.78 is 10.9. The number of unbranched alkanes of at least 4 members (excludes halogenated alkanes) is 1. The van der Waals surface area contributed by atoms with Crippen molar-refractivity contribution >= 4 is 5.69 Å². The summed E-state index contributed by atoms with van der Waals surface area (Å²) in [7, 11) is 0. The molecule has 0 aliphatic heterocycles. The first kappa shape index (κ1) is 14.5. The zero-order valence-corrected chi connectivity index (χ0v) is 11.2. The van der Waals surface area contributed by atoms with E-state index in [0.717, 1.165) is 31.4 Å². The molecule has 0 radical (unpaired) electrons. The minimum atomic E-state index is 0.478. The molecule has 1 aromatic carbocycles. The van der Waals surface area contributed by atoms with Crippen LogP contribution in [0.3, 0.4) is 0 Å². The Morgan fingerprint density at radius 1 is 1.22 bits per heavy atom. The van der Waals surface area contributed by atoms with Gasteiger partial charge in [0, 0.05) is 12.7 Å². The molecule has 0 N–H and O–H groups in total. The highest BCUT2D eigenvalue weighted by atomic mass is 16.5. The van der Waals surface area contributed by atoms with Gasteiger partial charge in [0.1, 0.15) is 0 Å². The zero-order valence-electron chi connectivity index (χ0n) is 11.2. The SMILES string of the molecule is CCCCOc1cc(CCOCC)ccc1[N+]#N. The third-order valence-electron chi connectivity index (χ3n) is 2.63. The van der Waals surface area contributed by atoms with E-state index in [0.29, 0.717) is 24.7 Å². The number of ether oxygens (including phenoxy) is 2. The molecule has 4 nitrogen and oxygen atoms in total. The molecule has 4 heteroatoms. The fraction of sp³-hybridized carbons (Fsp3) is 0.571. The summed E-state index contributed by atoms with van der Waals surface area (Å²) in [5.41, 5.74) is 1.61. The Kier molecular flexibility index (Phi) is 6.82. The van der Waals surface area contributed by atoms with Crippen LogP contribution >= 0.6 is 0 Å². The second-order valence-corrected chi connectivity index (χ2v) is 4.05. The molecule has 18 heavy (non-hydrogen) atoms. The highest BCUT2D eigenvalue weighted by Gasteiger charge is 2.15. The maximum absolute atomic E-state index is 8.90. The van der Waals surface area contributed by atoms with E-state index in [-0.39, 0.29) is 0 Å². The van der Waals surface area contributed by atoms with Gasteiger partial charge in [-0.25, -0.2) is 0 Å². The number of benzene rings is 1. The quantitative estimate of drug-likeness (QED) is 0.518. The molecule has 1 aromatic rings. The molecule has 0 amide bonds. The van der Waals surface area contributed by atoms with Gasteiger partial charge in [0.2, 0.25) is 11.1 Å². The van der Waals surface area contributed by atoms with E-state index >= 15 is 0 Å². The first-order valence-electron chi connectivity index (χ1n) is 6.50.